The predicted molar refractivity (Wildman–Crippen MR) is 40.6 cm³/mol. The van der Waals surface area contributed by atoms with Gasteiger partial charge in [0.1, 0.15) is 6.07 Å². The van der Waals surface area contributed by atoms with E-state index in [1.54, 1.807) is 18.2 Å². The minimum absolute atomic E-state index is 0.345. The number of aromatic nitrogens is 2. The average molecular weight is 145 g/mol. The summed E-state index contributed by atoms with van der Waals surface area (Å²) in [6, 6.07) is 5.31. The third kappa shape index (κ3) is 1.87. The molecule has 0 unspecified atom stereocenters. The molecule has 54 valence electrons. The Balaban J connectivity index is 2.84. The van der Waals surface area contributed by atoms with Crippen LogP contribution in [0.2, 0.25) is 0 Å². The van der Waals surface area contributed by atoms with Gasteiger partial charge in [-0.25, -0.2) is 0 Å². The van der Waals surface area contributed by atoms with E-state index in [9.17, 15) is 0 Å². The molecule has 0 aliphatic heterocycles. The molecule has 0 aliphatic carbocycles. The lowest BCUT2D eigenvalue weighted by Gasteiger charge is -1.91. The number of hydrogen-bond acceptors (Lipinski definition) is 3. The van der Waals surface area contributed by atoms with E-state index < -0.39 is 0 Å². The van der Waals surface area contributed by atoms with Gasteiger partial charge in [0.15, 0.2) is 5.69 Å². The molecule has 1 rings (SSSR count). The Morgan fingerprint density at radius 1 is 1.55 bits per heavy atom. The molecule has 0 saturated carbocycles. The van der Waals surface area contributed by atoms with Crippen LogP contribution in [0.4, 0.5) is 0 Å². The highest BCUT2D eigenvalue weighted by Crippen LogP contribution is 1.95. The normalized spacial score (nSPS) is 8.64. The van der Waals surface area contributed by atoms with Gasteiger partial charge in [-0.15, -0.1) is 11.7 Å². The second-order valence-electron chi connectivity index (χ2n) is 2.01. The predicted octanol–water partition coefficient (Wildman–Crippen LogP) is 1.08. The Hall–Kier alpha value is -1.69. The molecule has 0 atom stereocenters. The van der Waals surface area contributed by atoms with Crippen molar-refractivity contribution in [2.45, 2.75) is 6.42 Å². The van der Waals surface area contributed by atoms with Crippen molar-refractivity contribution in [1.29, 1.82) is 5.26 Å². The summed E-state index contributed by atoms with van der Waals surface area (Å²) in [7, 11) is 0. The van der Waals surface area contributed by atoms with Crippen molar-refractivity contribution >= 4 is 0 Å². The second-order valence-corrected chi connectivity index (χ2v) is 2.01. The van der Waals surface area contributed by atoms with E-state index >= 15 is 0 Å². The largest absolute Gasteiger partial charge is 0.191 e. The summed E-state index contributed by atoms with van der Waals surface area (Å²) >= 11 is 0. The van der Waals surface area contributed by atoms with E-state index in [1.807, 2.05) is 6.07 Å². The molecule has 11 heavy (non-hydrogen) atoms. The van der Waals surface area contributed by atoms with E-state index in [2.05, 4.69) is 16.8 Å². The molecule has 3 nitrogen and oxygen atoms in total. The smallest absolute Gasteiger partial charge is 0.163 e. The van der Waals surface area contributed by atoms with Gasteiger partial charge >= 0.3 is 0 Å². The van der Waals surface area contributed by atoms with Crippen molar-refractivity contribution in [2.24, 2.45) is 0 Å². The first kappa shape index (κ1) is 7.42. The fraction of sp³-hybridized carbons (Fsp3) is 0.125. The maximum absolute atomic E-state index is 8.39. The molecule has 1 aromatic rings. The van der Waals surface area contributed by atoms with Crippen LogP contribution >= 0.6 is 0 Å². The van der Waals surface area contributed by atoms with Crippen molar-refractivity contribution in [3.8, 4) is 6.07 Å². The topological polar surface area (TPSA) is 49.6 Å². The molecule has 0 radical (unpaired) electrons. The van der Waals surface area contributed by atoms with E-state index in [4.69, 9.17) is 5.26 Å². The summed E-state index contributed by atoms with van der Waals surface area (Å²) in [5.41, 5.74) is 1.18. The van der Waals surface area contributed by atoms with Crippen LogP contribution in [-0.4, -0.2) is 10.2 Å². The van der Waals surface area contributed by atoms with Gasteiger partial charge < -0.3 is 0 Å². The average Bonchev–Trinajstić information content (AvgIpc) is 2.07. The summed E-state index contributed by atoms with van der Waals surface area (Å²) in [6.45, 7) is 3.57. The summed E-state index contributed by atoms with van der Waals surface area (Å²) < 4.78 is 0. The maximum Gasteiger partial charge on any atom is 0.163 e. The molecule has 0 N–H and O–H groups in total. The SMILES string of the molecule is C=CCc1ccc(C#N)nn1. The number of hydrogen-bond donors (Lipinski definition) is 0. The molecule has 0 aliphatic rings. The Kier molecular flexibility index (Phi) is 2.34. The summed E-state index contributed by atoms with van der Waals surface area (Å²) in [4.78, 5) is 0. The molecular formula is C8H7N3. The minimum Gasteiger partial charge on any atom is -0.191 e. The lowest BCUT2D eigenvalue weighted by Crippen LogP contribution is -1.92. The lowest BCUT2D eigenvalue weighted by molar-refractivity contribution is 0.935. The molecule has 1 heterocycles. The Morgan fingerprint density at radius 3 is 2.82 bits per heavy atom. The van der Waals surface area contributed by atoms with Gasteiger partial charge in [0.05, 0.1) is 5.69 Å². The maximum atomic E-state index is 8.39. The zero-order chi connectivity index (χ0) is 8.10. The van der Waals surface area contributed by atoms with Crippen LogP contribution in [0.15, 0.2) is 24.8 Å². The monoisotopic (exact) mass is 145 g/mol. The third-order valence-corrected chi connectivity index (χ3v) is 1.19. The van der Waals surface area contributed by atoms with Crippen LogP contribution in [0, 0.1) is 11.3 Å². The van der Waals surface area contributed by atoms with E-state index in [1.165, 1.54) is 0 Å². The first-order chi connectivity index (χ1) is 5.36. The molecule has 0 saturated heterocycles. The van der Waals surface area contributed by atoms with Gasteiger partial charge in [-0.2, -0.15) is 10.4 Å². The van der Waals surface area contributed by atoms with Crippen LogP contribution in [0.5, 0.6) is 0 Å². The lowest BCUT2D eigenvalue weighted by atomic mass is 10.3. The molecule has 0 aromatic carbocycles. The highest BCUT2D eigenvalue weighted by molar-refractivity contribution is 5.19. The van der Waals surface area contributed by atoms with Crippen molar-refractivity contribution < 1.29 is 0 Å². The number of nitrogens with zero attached hydrogens (tertiary/aromatic N) is 3. The Morgan fingerprint density at radius 2 is 2.36 bits per heavy atom. The van der Waals surface area contributed by atoms with Gasteiger partial charge in [0.25, 0.3) is 0 Å². The molecule has 0 amide bonds. The van der Waals surface area contributed by atoms with Crippen LogP contribution in [0.25, 0.3) is 0 Å². The van der Waals surface area contributed by atoms with Crippen molar-refractivity contribution in [3.63, 3.8) is 0 Å². The van der Waals surface area contributed by atoms with Crippen molar-refractivity contribution in [1.82, 2.24) is 10.2 Å². The Bertz CT molecular complexity index is 281. The van der Waals surface area contributed by atoms with E-state index in [0.717, 1.165) is 5.69 Å². The summed E-state index contributed by atoms with van der Waals surface area (Å²) in [6.07, 6.45) is 2.44. The fourth-order valence-corrected chi connectivity index (χ4v) is 0.676. The number of nitriles is 1. The van der Waals surface area contributed by atoms with E-state index in [-0.39, 0.29) is 0 Å². The number of rotatable bonds is 2. The van der Waals surface area contributed by atoms with Crippen LogP contribution in [-0.2, 0) is 6.42 Å². The summed E-state index contributed by atoms with van der Waals surface area (Å²) in [5.74, 6) is 0. The second kappa shape index (κ2) is 3.47. The quantitative estimate of drug-likeness (QED) is 0.585. The molecule has 0 bridgehead atoms. The standard InChI is InChI=1S/C8H7N3/c1-2-3-7-4-5-8(6-9)11-10-7/h2,4-5H,1,3H2. The minimum atomic E-state index is 0.345. The molecule has 3 heteroatoms. The molecule has 0 spiro atoms. The highest BCUT2D eigenvalue weighted by Gasteiger charge is 1.92. The summed E-state index contributed by atoms with van der Waals surface area (Å²) in [5, 5.41) is 15.8. The number of allylic oxidation sites excluding steroid dienone is 1. The third-order valence-electron chi connectivity index (χ3n) is 1.19. The zero-order valence-corrected chi connectivity index (χ0v) is 5.99. The van der Waals surface area contributed by atoms with Gasteiger partial charge in [-0.3, -0.25) is 0 Å². The molecule has 1 aromatic heterocycles. The van der Waals surface area contributed by atoms with Crippen LogP contribution in [0.1, 0.15) is 11.4 Å². The van der Waals surface area contributed by atoms with Crippen LogP contribution in [0.3, 0.4) is 0 Å². The van der Waals surface area contributed by atoms with Gasteiger partial charge in [-0.05, 0) is 12.1 Å². The van der Waals surface area contributed by atoms with Crippen molar-refractivity contribution in [2.75, 3.05) is 0 Å². The zero-order valence-electron chi connectivity index (χ0n) is 5.99. The van der Waals surface area contributed by atoms with E-state index in [0.29, 0.717) is 12.1 Å². The first-order valence-electron chi connectivity index (χ1n) is 3.20. The van der Waals surface area contributed by atoms with Gasteiger partial charge in [0, 0.05) is 6.42 Å². The fourth-order valence-electron chi connectivity index (χ4n) is 0.676. The van der Waals surface area contributed by atoms with Gasteiger partial charge in [0.2, 0.25) is 0 Å². The molecule has 0 fully saturated rings. The van der Waals surface area contributed by atoms with Gasteiger partial charge in [-0.1, -0.05) is 6.08 Å². The highest BCUT2D eigenvalue weighted by atomic mass is 15.1. The first-order valence-corrected chi connectivity index (χ1v) is 3.20. The Labute approximate surface area is 65.0 Å². The molecular weight excluding hydrogens is 138 g/mol. The van der Waals surface area contributed by atoms with Crippen LogP contribution < -0.4 is 0 Å². The van der Waals surface area contributed by atoms with Crippen molar-refractivity contribution in [3.05, 3.63) is 36.2 Å².